The summed E-state index contributed by atoms with van der Waals surface area (Å²) in [6, 6.07) is 15.7. The Hall–Kier alpha value is -2.26. The molecule has 0 aliphatic rings. The van der Waals surface area contributed by atoms with Gasteiger partial charge in [-0.3, -0.25) is 0 Å². The second kappa shape index (κ2) is 6.02. The van der Waals surface area contributed by atoms with Crippen LogP contribution in [0, 0.1) is 0 Å². The van der Waals surface area contributed by atoms with Crippen molar-refractivity contribution in [1.29, 1.82) is 0 Å². The van der Waals surface area contributed by atoms with Gasteiger partial charge in [0.15, 0.2) is 0 Å². The molecular weight excluding hydrogens is 284 g/mol. The number of halogens is 1. The summed E-state index contributed by atoms with van der Waals surface area (Å²) in [5, 5.41) is 6.26. The molecule has 3 aromatic rings. The van der Waals surface area contributed by atoms with Crippen molar-refractivity contribution in [3.05, 3.63) is 65.3 Å². The first kappa shape index (κ1) is 13.7. The molecule has 4 heteroatoms. The van der Waals surface area contributed by atoms with E-state index in [1.165, 1.54) is 0 Å². The molecule has 106 valence electrons. The Labute approximate surface area is 128 Å². The standard InChI is InChI=1S/C17H15ClN2O/c1-21-15-6-5-13-7-8-19-17(16(13)10-15)20-11-12-3-2-4-14(18)9-12/h2-10H,11H2,1H3,(H,19,20). The van der Waals surface area contributed by atoms with Gasteiger partial charge in [0.2, 0.25) is 0 Å². The van der Waals surface area contributed by atoms with Gasteiger partial charge in [-0.2, -0.15) is 0 Å². The predicted molar refractivity (Wildman–Crippen MR) is 87.1 cm³/mol. The Morgan fingerprint density at radius 3 is 2.86 bits per heavy atom. The van der Waals surface area contributed by atoms with Gasteiger partial charge in [0, 0.05) is 23.2 Å². The number of nitrogens with zero attached hydrogens (tertiary/aromatic N) is 1. The number of ether oxygens (including phenoxy) is 1. The molecule has 0 amide bonds. The fourth-order valence-corrected chi connectivity index (χ4v) is 2.46. The lowest BCUT2D eigenvalue weighted by Gasteiger charge is -2.10. The molecule has 0 saturated heterocycles. The fourth-order valence-electron chi connectivity index (χ4n) is 2.25. The van der Waals surface area contributed by atoms with Crippen molar-refractivity contribution in [2.45, 2.75) is 6.54 Å². The summed E-state index contributed by atoms with van der Waals surface area (Å²) >= 11 is 6.00. The zero-order valence-electron chi connectivity index (χ0n) is 11.6. The molecule has 0 radical (unpaired) electrons. The molecule has 0 unspecified atom stereocenters. The van der Waals surface area contributed by atoms with Gasteiger partial charge in [-0.25, -0.2) is 4.98 Å². The summed E-state index contributed by atoms with van der Waals surface area (Å²) < 4.78 is 5.28. The third kappa shape index (κ3) is 3.09. The van der Waals surface area contributed by atoms with Crippen molar-refractivity contribution in [2.75, 3.05) is 12.4 Å². The number of nitrogens with one attached hydrogen (secondary N) is 1. The van der Waals surface area contributed by atoms with Crippen LogP contribution in [0.15, 0.2) is 54.7 Å². The van der Waals surface area contributed by atoms with Crippen molar-refractivity contribution >= 4 is 28.2 Å². The Morgan fingerprint density at radius 2 is 2.05 bits per heavy atom. The minimum Gasteiger partial charge on any atom is -0.497 e. The molecule has 0 aliphatic heterocycles. The first-order chi connectivity index (χ1) is 10.3. The normalized spacial score (nSPS) is 10.6. The minimum atomic E-state index is 0.671. The Morgan fingerprint density at radius 1 is 1.14 bits per heavy atom. The third-order valence-electron chi connectivity index (χ3n) is 3.32. The minimum absolute atomic E-state index is 0.671. The number of anilines is 1. The average molecular weight is 299 g/mol. The molecule has 2 aromatic carbocycles. The van der Waals surface area contributed by atoms with Gasteiger partial charge in [0.1, 0.15) is 11.6 Å². The van der Waals surface area contributed by atoms with Crippen molar-refractivity contribution in [3.63, 3.8) is 0 Å². The predicted octanol–water partition coefficient (Wildman–Crippen LogP) is 4.51. The Balaban J connectivity index is 1.89. The number of pyridine rings is 1. The van der Waals surface area contributed by atoms with E-state index in [0.29, 0.717) is 6.54 Å². The molecule has 1 heterocycles. The molecule has 0 spiro atoms. The van der Waals surface area contributed by atoms with Crippen LogP contribution in [0.25, 0.3) is 10.8 Å². The highest BCUT2D eigenvalue weighted by atomic mass is 35.5. The van der Waals surface area contributed by atoms with E-state index in [9.17, 15) is 0 Å². The quantitative estimate of drug-likeness (QED) is 0.769. The number of rotatable bonds is 4. The topological polar surface area (TPSA) is 34.1 Å². The van der Waals surface area contributed by atoms with Crippen molar-refractivity contribution in [3.8, 4) is 5.75 Å². The number of aromatic nitrogens is 1. The number of methoxy groups -OCH3 is 1. The molecule has 3 nitrogen and oxygen atoms in total. The van der Waals surface area contributed by atoms with Gasteiger partial charge in [-0.15, -0.1) is 0 Å². The number of hydrogen-bond acceptors (Lipinski definition) is 3. The molecule has 3 rings (SSSR count). The first-order valence-corrected chi connectivity index (χ1v) is 7.05. The summed E-state index contributed by atoms with van der Waals surface area (Å²) in [4.78, 5) is 4.42. The smallest absolute Gasteiger partial charge is 0.134 e. The molecule has 21 heavy (non-hydrogen) atoms. The SMILES string of the molecule is COc1ccc2ccnc(NCc3cccc(Cl)c3)c2c1. The van der Waals surface area contributed by atoms with Gasteiger partial charge in [-0.1, -0.05) is 29.8 Å². The van der Waals surface area contributed by atoms with Crippen LogP contribution >= 0.6 is 11.6 Å². The highest BCUT2D eigenvalue weighted by molar-refractivity contribution is 6.30. The van der Waals surface area contributed by atoms with E-state index in [2.05, 4.69) is 10.3 Å². The highest BCUT2D eigenvalue weighted by Gasteiger charge is 2.04. The molecule has 1 aromatic heterocycles. The van der Waals surface area contributed by atoms with E-state index in [1.807, 2.05) is 48.5 Å². The molecule has 0 atom stereocenters. The fraction of sp³-hybridized carbons (Fsp3) is 0.118. The lowest BCUT2D eigenvalue weighted by Crippen LogP contribution is -2.02. The molecule has 0 fully saturated rings. The van der Waals surface area contributed by atoms with Gasteiger partial charge >= 0.3 is 0 Å². The lowest BCUT2D eigenvalue weighted by atomic mass is 10.1. The number of fused-ring (bicyclic) bond motifs is 1. The highest BCUT2D eigenvalue weighted by Crippen LogP contribution is 2.26. The molecule has 0 bridgehead atoms. The summed E-state index contributed by atoms with van der Waals surface area (Å²) in [5.74, 6) is 1.66. The largest absolute Gasteiger partial charge is 0.497 e. The lowest BCUT2D eigenvalue weighted by molar-refractivity contribution is 0.415. The number of benzene rings is 2. The zero-order chi connectivity index (χ0) is 14.7. The van der Waals surface area contributed by atoms with Crippen LogP contribution in [-0.4, -0.2) is 12.1 Å². The van der Waals surface area contributed by atoms with Gasteiger partial charge in [0.25, 0.3) is 0 Å². The van der Waals surface area contributed by atoms with Crippen LogP contribution in [0.2, 0.25) is 5.02 Å². The van der Waals surface area contributed by atoms with Crippen LogP contribution in [-0.2, 0) is 6.54 Å². The van der Waals surface area contributed by atoms with Crippen molar-refractivity contribution in [2.24, 2.45) is 0 Å². The van der Waals surface area contributed by atoms with E-state index < -0.39 is 0 Å². The van der Waals surface area contributed by atoms with Gasteiger partial charge in [0.05, 0.1) is 7.11 Å². The monoisotopic (exact) mass is 298 g/mol. The average Bonchev–Trinajstić information content (AvgIpc) is 2.52. The summed E-state index contributed by atoms with van der Waals surface area (Å²) in [7, 11) is 1.66. The second-order valence-electron chi connectivity index (χ2n) is 4.73. The molecule has 1 N–H and O–H groups in total. The van der Waals surface area contributed by atoms with Crippen LogP contribution in [0.1, 0.15) is 5.56 Å². The second-order valence-corrected chi connectivity index (χ2v) is 5.17. The summed E-state index contributed by atoms with van der Waals surface area (Å²) in [6.07, 6.45) is 1.80. The molecule has 0 aliphatic carbocycles. The maximum Gasteiger partial charge on any atom is 0.134 e. The maximum absolute atomic E-state index is 6.00. The van der Waals surface area contributed by atoms with Crippen LogP contribution in [0.5, 0.6) is 5.75 Å². The van der Waals surface area contributed by atoms with E-state index in [0.717, 1.165) is 32.9 Å². The van der Waals surface area contributed by atoms with Crippen molar-refractivity contribution < 1.29 is 4.74 Å². The van der Waals surface area contributed by atoms with Gasteiger partial charge in [-0.05, 0) is 41.3 Å². The Bertz CT molecular complexity index is 774. The van der Waals surface area contributed by atoms with Crippen molar-refractivity contribution in [1.82, 2.24) is 4.98 Å². The van der Waals surface area contributed by atoms with Crippen LogP contribution < -0.4 is 10.1 Å². The summed E-state index contributed by atoms with van der Waals surface area (Å²) in [5.41, 5.74) is 1.11. The van der Waals surface area contributed by atoms with E-state index in [1.54, 1.807) is 13.3 Å². The first-order valence-electron chi connectivity index (χ1n) is 6.67. The number of hydrogen-bond donors (Lipinski definition) is 1. The summed E-state index contributed by atoms with van der Waals surface area (Å²) in [6.45, 7) is 0.671. The maximum atomic E-state index is 6.00. The molecule has 0 saturated carbocycles. The Kier molecular flexibility index (Phi) is 3.93. The van der Waals surface area contributed by atoms with E-state index in [-0.39, 0.29) is 0 Å². The van der Waals surface area contributed by atoms with Gasteiger partial charge < -0.3 is 10.1 Å². The zero-order valence-corrected chi connectivity index (χ0v) is 12.4. The third-order valence-corrected chi connectivity index (χ3v) is 3.56. The van der Waals surface area contributed by atoms with Crippen LogP contribution in [0.4, 0.5) is 5.82 Å². The molecular formula is C17H15ClN2O. The van der Waals surface area contributed by atoms with E-state index >= 15 is 0 Å². The van der Waals surface area contributed by atoms with Crippen LogP contribution in [0.3, 0.4) is 0 Å². The van der Waals surface area contributed by atoms with E-state index in [4.69, 9.17) is 16.3 Å².